The molecule has 0 aromatic rings. The molecule has 3 nitrogen and oxygen atoms in total. The van der Waals surface area contributed by atoms with Crippen LogP contribution in [0.5, 0.6) is 0 Å². The molecule has 1 N–H and O–H groups in total. The quantitative estimate of drug-likeness (QED) is 0.723. The van der Waals surface area contributed by atoms with Gasteiger partial charge in [0.15, 0.2) is 0 Å². The predicted octanol–water partition coefficient (Wildman–Crippen LogP) is 1.69. The maximum Gasteiger partial charge on any atom is 0.127 e. The van der Waals surface area contributed by atoms with Crippen LogP contribution < -0.4 is 5.32 Å². The van der Waals surface area contributed by atoms with E-state index in [4.69, 9.17) is 10.00 Å². The monoisotopic (exact) mass is 184 g/mol. The molecular weight excluding hydrogens is 164 g/mol. The Hall–Kier alpha value is -0.590. The fourth-order valence-corrected chi connectivity index (χ4v) is 0.874. The molecule has 0 saturated carbocycles. The van der Waals surface area contributed by atoms with Gasteiger partial charge in [0.1, 0.15) is 5.54 Å². The molecule has 0 aliphatic heterocycles. The van der Waals surface area contributed by atoms with E-state index in [2.05, 4.69) is 11.4 Å². The first kappa shape index (κ1) is 12.4. The topological polar surface area (TPSA) is 45.0 Å². The Morgan fingerprint density at radius 1 is 1.31 bits per heavy atom. The van der Waals surface area contributed by atoms with E-state index in [0.717, 1.165) is 6.54 Å². The van der Waals surface area contributed by atoms with Gasteiger partial charge in [0.25, 0.3) is 0 Å². The van der Waals surface area contributed by atoms with Crippen LogP contribution in [0, 0.1) is 11.3 Å². The highest BCUT2D eigenvalue weighted by Crippen LogP contribution is 2.11. The standard InChI is InChI=1S/C10H20N2O/c1-6-12-10(5,7-11)8-13-9(2,3)4/h12H,6,8H2,1-5H3. The van der Waals surface area contributed by atoms with Crippen LogP contribution in [0.2, 0.25) is 0 Å². The summed E-state index contributed by atoms with van der Waals surface area (Å²) >= 11 is 0. The van der Waals surface area contributed by atoms with Crippen molar-refractivity contribution in [1.29, 1.82) is 5.26 Å². The molecule has 0 bridgehead atoms. The van der Waals surface area contributed by atoms with Gasteiger partial charge in [-0.15, -0.1) is 0 Å². The molecule has 3 heteroatoms. The third-order valence-corrected chi connectivity index (χ3v) is 1.61. The molecule has 0 radical (unpaired) electrons. The van der Waals surface area contributed by atoms with Crippen LogP contribution in [0.4, 0.5) is 0 Å². The van der Waals surface area contributed by atoms with Gasteiger partial charge in [-0.25, -0.2) is 0 Å². The molecule has 1 atom stereocenters. The normalized spacial score (nSPS) is 16.3. The zero-order valence-corrected chi connectivity index (χ0v) is 9.27. The van der Waals surface area contributed by atoms with Crippen LogP contribution in [0.15, 0.2) is 0 Å². The molecule has 0 rings (SSSR count). The molecule has 0 spiro atoms. The average Bonchev–Trinajstić information content (AvgIpc) is 2.01. The molecule has 0 saturated heterocycles. The number of nitriles is 1. The summed E-state index contributed by atoms with van der Waals surface area (Å²) in [5.74, 6) is 0. The molecular formula is C10H20N2O. The Bertz CT molecular complexity index is 190. The second kappa shape index (κ2) is 4.59. The number of nitrogens with one attached hydrogen (secondary N) is 1. The van der Waals surface area contributed by atoms with Crippen molar-refractivity contribution < 1.29 is 4.74 Å². The first-order valence-corrected chi connectivity index (χ1v) is 4.63. The second-order valence-corrected chi connectivity index (χ2v) is 4.38. The van der Waals surface area contributed by atoms with E-state index in [1.807, 2.05) is 34.6 Å². The van der Waals surface area contributed by atoms with Gasteiger partial charge >= 0.3 is 0 Å². The fourth-order valence-electron chi connectivity index (χ4n) is 0.874. The summed E-state index contributed by atoms with van der Waals surface area (Å²) in [6.07, 6.45) is 0. The first-order valence-electron chi connectivity index (χ1n) is 4.63. The number of rotatable bonds is 4. The van der Waals surface area contributed by atoms with E-state index < -0.39 is 5.54 Å². The molecule has 0 amide bonds. The van der Waals surface area contributed by atoms with Crippen LogP contribution in [0.3, 0.4) is 0 Å². The number of hydrogen-bond acceptors (Lipinski definition) is 3. The van der Waals surface area contributed by atoms with Gasteiger partial charge in [-0.05, 0) is 34.2 Å². The van der Waals surface area contributed by atoms with E-state index >= 15 is 0 Å². The van der Waals surface area contributed by atoms with Crippen molar-refractivity contribution in [3.8, 4) is 6.07 Å². The van der Waals surface area contributed by atoms with Crippen LogP contribution in [0.1, 0.15) is 34.6 Å². The van der Waals surface area contributed by atoms with Crippen molar-refractivity contribution in [2.45, 2.75) is 45.8 Å². The summed E-state index contributed by atoms with van der Waals surface area (Å²) in [4.78, 5) is 0. The summed E-state index contributed by atoms with van der Waals surface area (Å²) in [6, 6.07) is 2.22. The zero-order chi connectivity index (χ0) is 10.5. The minimum absolute atomic E-state index is 0.187. The van der Waals surface area contributed by atoms with Crippen molar-refractivity contribution in [2.75, 3.05) is 13.2 Å². The highest BCUT2D eigenvalue weighted by atomic mass is 16.5. The highest BCUT2D eigenvalue weighted by Gasteiger charge is 2.25. The molecule has 0 fully saturated rings. The van der Waals surface area contributed by atoms with Crippen LogP contribution in [0.25, 0.3) is 0 Å². The summed E-state index contributed by atoms with van der Waals surface area (Å²) in [5, 5.41) is 12.0. The van der Waals surface area contributed by atoms with E-state index in [1.54, 1.807) is 0 Å². The Kier molecular flexibility index (Phi) is 4.38. The SMILES string of the molecule is CCNC(C)(C#N)COC(C)(C)C. The molecule has 0 aromatic carbocycles. The van der Waals surface area contributed by atoms with Gasteiger partial charge in [-0.2, -0.15) is 5.26 Å². The number of likely N-dealkylation sites (N-methyl/N-ethyl adjacent to an activating group) is 1. The molecule has 0 aromatic heterocycles. The Balaban J connectivity index is 4.07. The lowest BCUT2D eigenvalue weighted by molar-refractivity contribution is -0.0229. The van der Waals surface area contributed by atoms with Gasteiger partial charge in [0, 0.05) is 0 Å². The summed E-state index contributed by atoms with van der Waals surface area (Å²) in [6.45, 7) is 11.0. The number of nitrogens with zero attached hydrogens (tertiary/aromatic N) is 1. The third-order valence-electron chi connectivity index (χ3n) is 1.61. The highest BCUT2D eigenvalue weighted by molar-refractivity contribution is 5.03. The minimum atomic E-state index is -0.567. The van der Waals surface area contributed by atoms with E-state index in [9.17, 15) is 0 Å². The molecule has 13 heavy (non-hydrogen) atoms. The molecule has 1 unspecified atom stereocenters. The van der Waals surface area contributed by atoms with Crippen LogP contribution in [-0.2, 0) is 4.74 Å². The van der Waals surface area contributed by atoms with Gasteiger partial charge < -0.3 is 4.74 Å². The van der Waals surface area contributed by atoms with E-state index in [0.29, 0.717) is 6.61 Å². The van der Waals surface area contributed by atoms with Crippen molar-refractivity contribution in [3.05, 3.63) is 0 Å². The van der Waals surface area contributed by atoms with E-state index in [-0.39, 0.29) is 5.60 Å². The largest absolute Gasteiger partial charge is 0.373 e. The predicted molar refractivity (Wildman–Crippen MR) is 53.4 cm³/mol. The number of ether oxygens (including phenoxy) is 1. The fraction of sp³-hybridized carbons (Fsp3) is 0.900. The zero-order valence-electron chi connectivity index (χ0n) is 9.27. The molecule has 0 aliphatic rings. The smallest absolute Gasteiger partial charge is 0.127 e. The van der Waals surface area contributed by atoms with Gasteiger partial charge in [0.05, 0.1) is 18.3 Å². The van der Waals surface area contributed by atoms with E-state index in [1.165, 1.54) is 0 Å². The average molecular weight is 184 g/mol. The molecule has 0 heterocycles. The maximum absolute atomic E-state index is 8.92. The van der Waals surface area contributed by atoms with Gasteiger partial charge in [-0.3, -0.25) is 5.32 Å². The molecule has 0 aliphatic carbocycles. The van der Waals surface area contributed by atoms with Gasteiger partial charge in [0.2, 0.25) is 0 Å². The summed E-state index contributed by atoms with van der Waals surface area (Å²) in [5.41, 5.74) is -0.754. The third kappa shape index (κ3) is 5.62. The summed E-state index contributed by atoms with van der Waals surface area (Å²) in [7, 11) is 0. The van der Waals surface area contributed by atoms with Crippen molar-refractivity contribution in [3.63, 3.8) is 0 Å². The van der Waals surface area contributed by atoms with Crippen molar-refractivity contribution >= 4 is 0 Å². The van der Waals surface area contributed by atoms with Crippen LogP contribution in [-0.4, -0.2) is 24.3 Å². The Labute approximate surface area is 81.1 Å². The lowest BCUT2D eigenvalue weighted by Crippen LogP contribution is -2.46. The lowest BCUT2D eigenvalue weighted by atomic mass is 10.1. The number of hydrogen-bond donors (Lipinski definition) is 1. The maximum atomic E-state index is 8.92. The van der Waals surface area contributed by atoms with Crippen LogP contribution >= 0.6 is 0 Å². The van der Waals surface area contributed by atoms with Gasteiger partial charge in [-0.1, -0.05) is 6.92 Å². The first-order chi connectivity index (χ1) is 5.83. The van der Waals surface area contributed by atoms with Crippen molar-refractivity contribution in [2.24, 2.45) is 0 Å². The molecule has 76 valence electrons. The van der Waals surface area contributed by atoms with Crippen molar-refractivity contribution in [1.82, 2.24) is 5.32 Å². The Morgan fingerprint density at radius 3 is 2.15 bits per heavy atom. The Morgan fingerprint density at radius 2 is 1.85 bits per heavy atom. The lowest BCUT2D eigenvalue weighted by Gasteiger charge is -2.27. The summed E-state index contributed by atoms with van der Waals surface area (Å²) < 4.78 is 5.55. The minimum Gasteiger partial charge on any atom is -0.373 e. The second-order valence-electron chi connectivity index (χ2n) is 4.38.